The summed E-state index contributed by atoms with van der Waals surface area (Å²) in [4.78, 5) is 8.46. The van der Waals surface area contributed by atoms with Crippen molar-refractivity contribution in [3.05, 3.63) is 60.9 Å². The minimum Gasteiger partial charge on any atom is -0.451 e. The Kier molecular flexibility index (Phi) is 3.51. The molecule has 1 aromatic carbocycles. The molecule has 9 heteroatoms. The third kappa shape index (κ3) is 2.95. The van der Waals surface area contributed by atoms with Crippen LogP contribution < -0.4 is 4.72 Å². The summed E-state index contributed by atoms with van der Waals surface area (Å²) < 4.78 is 34.7. The van der Waals surface area contributed by atoms with E-state index in [0.29, 0.717) is 23.1 Å². The van der Waals surface area contributed by atoms with Crippen molar-refractivity contribution < 1.29 is 12.8 Å². The van der Waals surface area contributed by atoms with Crippen molar-refractivity contribution in [2.75, 3.05) is 4.72 Å². The number of aromatic nitrogens is 4. The quantitative estimate of drug-likeness (QED) is 0.570. The highest BCUT2D eigenvalue weighted by atomic mass is 32.2. The molecular formula is C18H15N5O3S. The van der Waals surface area contributed by atoms with Crippen LogP contribution in [0.15, 0.2) is 64.6 Å². The molecule has 0 unspecified atom stereocenters. The van der Waals surface area contributed by atoms with Gasteiger partial charge in [0.15, 0.2) is 12.0 Å². The number of benzene rings is 1. The van der Waals surface area contributed by atoms with Crippen molar-refractivity contribution in [2.45, 2.75) is 23.7 Å². The summed E-state index contributed by atoms with van der Waals surface area (Å²) >= 11 is 0. The summed E-state index contributed by atoms with van der Waals surface area (Å²) in [5.74, 6) is 0.813. The number of nitrogens with zero attached hydrogens (tertiary/aromatic N) is 4. The number of oxazole rings is 1. The number of rotatable bonds is 5. The molecular weight excluding hydrogens is 366 g/mol. The van der Waals surface area contributed by atoms with E-state index >= 15 is 0 Å². The Balaban J connectivity index is 1.46. The topological polar surface area (TPSA) is 102 Å². The van der Waals surface area contributed by atoms with E-state index in [0.717, 1.165) is 24.1 Å². The van der Waals surface area contributed by atoms with Gasteiger partial charge in [-0.25, -0.2) is 18.4 Å². The van der Waals surface area contributed by atoms with Gasteiger partial charge in [-0.2, -0.15) is 9.61 Å². The van der Waals surface area contributed by atoms with Crippen LogP contribution in [0.4, 0.5) is 5.82 Å². The van der Waals surface area contributed by atoms with Gasteiger partial charge in [-0.1, -0.05) is 12.1 Å². The minimum absolute atomic E-state index is 0.147. The molecule has 1 aliphatic rings. The predicted octanol–water partition coefficient (Wildman–Crippen LogP) is 3.06. The van der Waals surface area contributed by atoms with Crippen LogP contribution in [0.5, 0.6) is 0 Å². The van der Waals surface area contributed by atoms with Crippen molar-refractivity contribution in [2.24, 2.45) is 0 Å². The van der Waals surface area contributed by atoms with Crippen molar-refractivity contribution >= 4 is 21.5 Å². The molecule has 0 aliphatic heterocycles. The molecule has 0 saturated heterocycles. The lowest BCUT2D eigenvalue weighted by Gasteiger charge is -2.09. The van der Waals surface area contributed by atoms with Gasteiger partial charge in [0.05, 0.1) is 10.6 Å². The van der Waals surface area contributed by atoms with E-state index in [1.54, 1.807) is 24.4 Å². The van der Waals surface area contributed by atoms with E-state index in [1.165, 1.54) is 29.3 Å². The fraction of sp³-hybridized carbons (Fsp3) is 0.167. The predicted molar refractivity (Wildman–Crippen MR) is 97.7 cm³/mol. The molecule has 5 rings (SSSR count). The molecule has 8 nitrogen and oxygen atoms in total. The van der Waals surface area contributed by atoms with Crippen molar-refractivity contribution in [3.8, 4) is 11.3 Å². The monoisotopic (exact) mass is 381 g/mol. The van der Waals surface area contributed by atoms with Gasteiger partial charge in [0, 0.05) is 23.7 Å². The summed E-state index contributed by atoms with van der Waals surface area (Å²) in [6.07, 6.45) is 6.63. The first kappa shape index (κ1) is 16.0. The number of hydrogen-bond acceptors (Lipinski definition) is 6. The average molecular weight is 381 g/mol. The molecule has 1 saturated carbocycles. The molecule has 0 bridgehead atoms. The van der Waals surface area contributed by atoms with Crippen LogP contribution in [0.2, 0.25) is 0 Å². The molecule has 1 N–H and O–H groups in total. The maximum absolute atomic E-state index is 12.8. The molecule has 1 aliphatic carbocycles. The summed E-state index contributed by atoms with van der Waals surface area (Å²) in [5, 5.41) is 4.51. The summed E-state index contributed by atoms with van der Waals surface area (Å²) in [6.45, 7) is 0. The maximum Gasteiger partial charge on any atom is 0.263 e. The van der Waals surface area contributed by atoms with Gasteiger partial charge >= 0.3 is 0 Å². The highest BCUT2D eigenvalue weighted by molar-refractivity contribution is 7.92. The molecule has 27 heavy (non-hydrogen) atoms. The van der Waals surface area contributed by atoms with E-state index in [-0.39, 0.29) is 4.90 Å². The van der Waals surface area contributed by atoms with Gasteiger partial charge in [-0.3, -0.25) is 4.72 Å². The third-order valence-corrected chi connectivity index (χ3v) is 5.87. The second-order valence-corrected chi connectivity index (χ2v) is 8.13. The fourth-order valence-electron chi connectivity index (χ4n) is 2.93. The zero-order chi connectivity index (χ0) is 18.4. The van der Waals surface area contributed by atoms with Crippen LogP contribution in [0, 0.1) is 0 Å². The van der Waals surface area contributed by atoms with Crippen LogP contribution >= 0.6 is 0 Å². The summed E-state index contributed by atoms with van der Waals surface area (Å²) in [7, 11) is -3.77. The van der Waals surface area contributed by atoms with Gasteiger partial charge < -0.3 is 4.42 Å². The van der Waals surface area contributed by atoms with Crippen LogP contribution in [-0.4, -0.2) is 28.0 Å². The summed E-state index contributed by atoms with van der Waals surface area (Å²) in [5.41, 5.74) is 2.99. The fourth-order valence-corrected chi connectivity index (χ4v) is 3.97. The van der Waals surface area contributed by atoms with Gasteiger partial charge in [0.1, 0.15) is 17.8 Å². The summed E-state index contributed by atoms with van der Waals surface area (Å²) in [6, 6.07) is 9.94. The molecule has 1 fully saturated rings. The standard InChI is InChI=1S/C18H15N5O3S/c24-27(25,14-5-3-13(4-6-14)16-10-26-11-20-16)22-17-7-8-19-18-9-15(12-1-2-12)21-23(17)18/h3-12,22H,1-2H2. The lowest BCUT2D eigenvalue weighted by molar-refractivity contribution is 0.558. The van der Waals surface area contributed by atoms with E-state index in [4.69, 9.17) is 4.42 Å². The van der Waals surface area contributed by atoms with Crippen LogP contribution in [0.25, 0.3) is 16.9 Å². The Bertz CT molecular complexity index is 1210. The largest absolute Gasteiger partial charge is 0.451 e. The average Bonchev–Trinajstić information content (AvgIpc) is 3.19. The smallest absolute Gasteiger partial charge is 0.263 e. The Morgan fingerprint density at radius 2 is 1.93 bits per heavy atom. The van der Waals surface area contributed by atoms with Gasteiger partial charge in [0.25, 0.3) is 10.0 Å². The number of nitrogens with one attached hydrogen (secondary N) is 1. The molecule has 4 aromatic rings. The molecule has 0 radical (unpaired) electrons. The zero-order valence-corrected chi connectivity index (χ0v) is 14.9. The second-order valence-electron chi connectivity index (χ2n) is 6.45. The molecule has 0 spiro atoms. The molecule has 3 heterocycles. The highest BCUT2D eigenvalue weighted by Crippen LogP contribution is 2.39. The second kappa shape index (κ2) is 5.92. The number of hydrogen-bond donors (Lipinski definition) is 1. The number of sulfonamides is 1. The Labute approximate surface area is 154 Å². The van der Waals surface area contributed by atoms with Crippen LogP contribution in [-0.2, 0) is 10.0 Å². The normalized spacial score (nSPS) is 14.5. The number of anilines is 1. The lowest BCUT2D eigenvalue weighted by Crippen LogP contribution is -2.15. The first-order valence-corrected chi connectivity index (χ1v) is 9.95. The van der Waals surface area contributed by atoms with Crippen molar-refractivity contribution in [1.29, 1.82) is 0 Å². The molecule has 0 amide bonds. The van der Waals surface area contributed by atoms with Crippen LogP contribution in [0.3, 0.4) is 0 Å². The first-order valence-electron chi connectivity index (χ1n) is 8.46. The van der Waals surface area contributed by atoms with Gasteiger partial charge in [-0.05, 0) is 31.0 Å². The Morgan fingerprint density at radius 1 is 1.11 bits per heavy atom. The SMILES string of the molecule is O=S(=O)(Nc1ccnc2cc(C3CC3)nn12)c1ccc(-c2cocn2)cc1. The van der Waals surface area contributed by atoms with Gasteiger partial charge in [-0.15, -0.1) is 0 Å². The lowest BCUT2D eigenvalue weighted by atomic mass is 10.2. The third-order valence-electron chi connectivity index (χ3n) is 4.50. The number of fused-ring (bicyclic) bond motifs is 1. The van der Waals surface area contributed by atoms with E-state index in [2.05, 4.69) is 19.8 Å². The maximum atomic E-state index is 12.8. The van der Waals surface area contributed by atoms with Crippen LogP contribution in [0.1, 0.15) is 24.5 Å². The van der Waals surface area contributed by atoms with E-state index in [1.807, 2.05) is 6.07 Å². The molecule has 3 aromatic heterocycles. The molecule has 0 atom stereocenters. The minimum atomic E-state index is -3.77. The Morgan fingerprint density at radius 3 is 2.63 bits per heavy atom. The Hall–Kier alpha value is -3.20. The van der Waals surface area contributed by atoms with Gasteiger partial charge in [0.2, 0.25) is 0 Å². The zero-order valence-electron chi connectivity index (χ0n) is 14.1. The van der Waals surface area contributed by atoms with Crippen molar-refractivity contribution in [1.82, 2.24) is 19.6 Å². The first-order chi connectivity index (χ1) is 13.1. The van der Waals surface area contributed by atoms with E-state index < -0.39 is 10.0 Å². The highest BCUT2D eigenvalue weighted by Gasteiger charge is 2.27. The van der Waals surface area contributed by atoms with Crippen molar-refractivity contribution in [3.63, 3.8) is 0 Å². The van der Waals surface area contributed by atoms with E-state index in [9.17, 15) is 8.42 Å². The molecule has 136 valence electrons.